The first-order chi connectivity index (χ1) is 17.2. The first kappa shape index (κ1) is 27.1. The summed E-state index contributed by atoms with van der Waals surface area (Å²) in [6.07, 6.45) is -4.62. The van der Waals surface area contributed by atoms with Gasteiger partial charge in [-0.2, -0.15) is 16.9 Å². The summed E-state index contributed by atoms with van der Waals surface area (Å²) in [5.41, 5.74) is -0.687. The number of alkyl halides is 3. The molecule has 0 spiro atoms. The zero-order valence-corrected chi connectivity index (χ0v) is 22.1. The van der Waals surface area contributed by atoms with Crippen LogP contribution in [0.5, 0.6) is 0 Å². The molecule has 0 saturated heterocycles. The average Bonchev–Trinajstić information content (AvgIpc) is 2.99. The molecule has 1 aliphatic rings. The second kappa shape index (κ2) is 9.73. The lowest BCUT2D eigenvalue weighted by Crippen LogP contribution is -2.39. The van der Waals surface area contributed by atoms with Gasteiger partial charge in [-0.15, -0.1) is 0 Å². The van der Waals surface area contributed by atoms with Crippen LogP contribution in [-0.4, -0.2) is 46.9 Å². The maximum absolute atomic E-state index is 14.4. The van der Waals surface area contributed by atoms with E-state index in [-0.39, 0.29) is 22.2 Å². The van der Waals surface area contributed by atoms with Gasteiger partial charge in [0.2, 0.25) is 0 Å². The van der Waals surface area contributed by atoms with Gasteiger partial charge in [0, 0.05) is 25.2 Å². The van der Waals surface area contributed by atoms with E-state index in [0.29, 0.717) is 29.8 Å². The van der Waals surface area contributed by atoms with Gasteiger partial charge in [0.15, 0.2) is 5.69 Å². The van der Waals surface area contributed by atoms with Crippen LogP contribution in [0.15, 0.2) is 64.4 Å². The maximum Gasteiger partial charge on any atom is 0.435 e. The van der Waals surface area contributed by atoms with Gasteiger partial charge >= 0.3 is 6.18 Å². The molecule has 1 aromatic heterocycles. The number of nitrogens with zero attached hydrogens (tertiary/aromatic N) is 3. The highest BCUT2D eigenvalue weighted by Gasteiger charge is 2.45. The number of anilines is 1. The summed E-state index contributed by atoms with van der Waals surface area (Å²) in [6, 6.07) is 11.5. The smallest absolute Gasteiger partial charge is 0.306 e. The highest BCUT2D eigenvalue weighted by atomic mass is 32.3. The third-order valence-electron chi connectivity index (χ3n) is 6.20. The Labute approximate surface area is 214 Å². The Morgan fingerprint density at radius 2 is 1.27 bits per heavy atom. The van der Waals surface area contributed by atoms with Crippen LogP contribution in [0.1, 0.15) is 28.1 Å². The summed E-state index contributed by atoms with van der Waals surface area (Å²) in [5, 5.41) is 0. The standard InChI is InChI=1S/C25H26F3N3O4S2/c1-17-4-8-20(9-5-17)36(32,33)31(37(34,35)21-10-6-18(2)7-11-21)23-16-19-12-14-30(3)15-13-22(19)29-24(23)25(26,27)28/h4-11,16H,12-15H2,1-3H3. The van der Waals surface area contributed by atoms with Crippen molar-refractivity contribution in [1.82, 2.24) is 9.88 Å². The topological polar surface area (TPSA) is 87.7 Å². The highest BCUT2D eigenvalue weighted by molar-refractivity contribution is 8.10. The van der Waals surface area contributed by atoms with Gasteiger partial charge < -0.3 is 4.90 Å². The molecule has 2 aromatic carbocycles. The van der Waals surface area contributed by atoms with Gasteiger partial charge in [-0.25, -0.2) is 21.8 Å². The molecule has 0 fully saturated rings. The second-order valence-electron chi connectivity index (χ2n) is 9.10. The predicted molar refractivity (Wildman–Crippen MR) is 133 cm³/mol. The van der Waals surface area contributed by atoms with Gasteiger partial charge in [0.25, 0.3) is 20.0 Å². The van der Waals surface area contributed by atoms with Crippen molar-refractivity contribution >= 4 is 25.7 Å². The molecule has 0 bridgehead atoms. The molecule has 4 rings (SSSR count). The van der Waals surface area contributed by atoms with Gasteiger partial charge in [-0.05, 0) is 63.2 Å². The Kier molecular flexibility index (Phi) is 7.12. The van der Waals surface area contributed by atoms with E-state index in [2.05, 4.69) is 4.98 Å². The lowest BCUT2D eigenvalue weighted by molar-refractivity contribution is -0.140. The molecule has 2 heterocycles. The van der Waals surface area contributed by atoms with Crippen molar-refractivity contribution in [2.75, 3.05) is 23.8 Å². The summed E-state index contributed by atoms with van der Waals surface area (Å²) in [6.45, 7) is 4.36. The molecule has 3 aromatic rings. The van der Waals surface area contributed by atoms with E-state index in [9.17, 15) is 30.0 Å². The van der Waals surface area contributed by atoms with E-state index in [4.69, 9.17) is 0 Å². The number of rotatable bonds is 5. The average molecular weight is 554 g/mol. The number of aryl methyl sites for hydroxylation is 2. The molecular weight excluding hydrogens is 527 g/mol. The minimum Gasteiger partial charge on any atom is -0.306 e. The van der Waals surface area contributed by atoms with Crippen molar-refractivity contribution in [2.24, 2.45) is 0 Å². The van der Waals surface area contributed by atoms with Gasteiger partial charge in [0.05, 0.1) is 9.79 Å². The van der Waals surface area contributed by atoms with Crippen LogP contribution in [0.2, 0.25) is 0 Å². The Balaban J connectivity index is 2.05. The van der Waals surface area contributed by atoms with Crippen LogP contribution in [0.25, 0.3) is 0 Å². The zero-order chi connectivity index (χ0) is 27.2. The van der Waals surface area contributed by atoms with Crippen LogP contribution < -0.4 is 3.71 Å². The Bertz CT molecular complexity index is 1450. The van der Waals surface area contributed by atoms with E-state index in [1.54, 1.807) is 13.8 Å². The SMILES string of the molecule is Cc1ccc(S(=O)(=O)N(c2cc3c(nc2C(F)(F)F)CCN(C)CC3)S(=O)(=O)c2ccc(C)cc2)cc1. The largest absolute Gasteiger partial charge is 0.435 e. The second-order valence-corrected chi connectivity index (χ2v) is 12.9. The van der Waals surface area contributed by atoms with E-state index in [1.807, 2.05) is 11.9 Å². The summed E-state index contributed by atoms with van der Waals surface area (Å²) < 4.78 is 98.3. The number of pyridine rings is 1. The molecule has 37 heavy (non-hydrogen) atoms. The Morgan fingerprint density at radius 3 is 1.73 bits per heavy atom. The van der Waals surface area contributed by atoms with E-state index >= 15 is 0 Å². The van der Waals surface area contributed by atoms with Crippen molar-refractivity contribution in [1.29, 1.82) is 0 Å². The number of sulfonamides is 2. The fourth-order valence-electron chi connectivity index (χ4n) is 4.08. The first-order valence-electron chi connectivity index (χ1n) is 11.4. The molecule has 0 aliphatic carbocycles. The molecule has 12 heteroatoms. The number of benzene rings is 2. The van der Waals surface area contributed by atoms with Crippen LogP contribution in [-0.2, 0) is 39.1 Å². The summed E-state index contributed by atoms with van der Waals surface area (Å²) in [5.74, 6) is 0. The minimum atomic E-state index is -5.12. The van der Waals surface area contributed by atoms with Crippen LogP contribution >= 0.6 is 0 Å². The Hall–Kier alpha value is -2.96. The van der Waals surface area contributed by atoms with Crippen molar-refractivity contribution < 1.29 is 30.0 Å². The van der Waals surface area contributed by atoms with E-state index < -0.39 is 47.4 Å². The summed E-state index contributed by atoms with van der Waals surface area (Å²) in [7, 11) is -8.23. The van der Waals surface area contributed by atoms with Gasteiger partial charge in [-0.1, -0.05) is 35.4 Å². The predicted octanol–water partition coefficient (Wildman–Crippen LogP) is 4.33. The van der Waals surface area contributed by atoms with Crippen molar-refractivity contribution in [2.45, 2.75) is 42.7 Å². The van der Waals surface area contributed by atoms with Crippen LogP contribution in [0.4, 0.5) is 18.9 Å². The molecule has 0 saturated carbocycles. The first-order valence-corrected chi connectivity index (χ1v) is 14.3. The molecule has 0 amide bonds. The number of likely N-dealkylation sites (N-methyl/N-ethyl adjacent to an activating group) is 1. The van der Waals surface area contributed by atoms with Gasteiger partial charge in [0.1, 0.15) is 5.69 Å². The quantitative estimate of drug-likeness (QED) is 0.468. The van der Waals surface area contributed by atoms with Crippen molar-refractivity contribution in [3.8, 4) is 0 Å². The fourth-order valence-corrected chi connectivity index (χ4v) is 7.77. The lowest BCUT2D eigenvalue weighted by atomic mass is 10.1. The number of hydrogen-bond acceptors (Lipinski definition) is 6. The number of fused-ring (bicyclic) bond motifs is 1. The van der Waals surface area contributed by atoms with Crippen LogP contribution in [0.3, 0.4) is 0 Å². The molecule has 7 nitrogen and oxygen atoms in total. The fraction of sp³-hybridized carbons (Fsp3) is 0.320. The van der Waals surface area contributed by atoms with Crippen molar-refractivity contribution in [3.63, 3.8) is 0 Å². The maximum atomic E-state index is 14.4. The molecular formula is C25H26F3N3O4S2. The minimum absolute atomic E-state index is 0.111. The number of aromatic nitrogens is 1. The molecule has 0 atom stereocenters. The van der Waals surface area contributed by atoms with E-state index in [1.165, 1.54) is 48.5 Å². The van der Waals surface area contributed by atoms with Crippen LogP contribution in [0, 0.1) is 13.8 Å². The number of halogens is 3. The normalized spacial score (nSPS) is 15.2. The third-order valence-corrected chi connectivity index (χ3v) is 10.4. The molecule has 198 valence electrons. The molecule has 0 N–H and O–H groups in total. The highest BCUT2D eigenvalue weighted by Crippen LogP contribution is 2.41. The van der Waals surface area contributed by atoms with E-state index in [0.717, 1.165) is 6.07 Å². The summed E-state index contributed by atoms with van der Waals surface area (Å²) >= 11 is 0. The third kappa shape index (κ3) is 5.36. The zero-order valence-electron chi connectivity index (χ0n) is 20.4. The monoisotopic (exact) mass is 553 g/mol. The molecule has 0 unspecified atom stereocenters. The number of hydrogen-bond donors (Lipinski definition) is 0. The van der Waals surface area contributed by atoms with Crippen molar-refractivity contribution in [3.05, 3.63) is 82.7 Å². The Morgan fingerprint density at radius 1 is 0.811 bits per heavy atom. The lowest BCUT2D eigenvalue weighted by Gasteiger charge is -2.27. The van der Waals surface area contributed by atoms with Gasteiger partial charge in [-0.3, -0.25) is 0 Å². The molecule has 0 radical (unpaired) electrons. The molecule has 1 aliphatic heterocycles. The summed E-state index contributed by atoms with van der Waals surface area (Å²) in [4.78, 5) is 4.81.